The smallest absolute Gasteiger partial charge is 0.257 e. The minimum Gasteiger partial charge on any atom is -0.504 e. The summed E-state index contributed by atoms with van der Waals surface area (Å²) in [6, 6.07) is 3.68. The van der Waals surface area contributed by atoms with Crippen molar-refractivity contribution in [3.8, 4) is 5.75 Å². The number of pyridine rings is 1. The molecule has 2 N–H and O–H groups in total. The number of anilines is 1. The van der Waals surface area contributed by atoms with Gasteiger partial charge < -0.3 is 10.4 Å². The van der Waals surface area contributed by atoms with Crippen LogP contribution in [-0.2, 0) is 0 Å². The maximum absolute atomic E-state index is 12.9. The molecule has 0 unspecified atom stereocenters. The van der Waals surface area contributed by atoms with Crippen LogP contribution in [0.25, 0.3) is 0 Å². The fraction of sp³-hybridized carbons (Fsp3) is 0. The highest BCUT2D eigenvalue weighted by molar-refractivity contribution is 6.36. The number of carbonyl (C=O) groups excluding carboxylic acids is 1. The van der Waals surface area contributed by atoms with E-state index in [0.29, 0.717) is 0 Å². The summed E-state index contributed by atoms with van der Waals surface area (Å²) < 4.78 is 12.9. The highest BCUT2D eigenvalue weighted by atomic mass is 35.5. The molecular weight excluding hydrogens is 294 g/mol. The second-order valence-corrected chi connectivity index (χ2v) is 4.47. The van der Waals surface area contributed by atoms with E-state index in [1.54, 1.807) is 0 Å². The molecule has 0 aliphatic heterocycles. The molecule has 1 aromatic carbocycles. The predicted octanol–water partition coefficient (Wildman–Crippen LogP) is 3.49. The minimum atomic E-state index is -0.638. The van der Waals surface area contributed by atoms with E-state index >= 15 is 0 Å². The van der Waals surface area contributed by atoms with Crippen LogP contribution >= 0.6 is 23.2 Å². The molecule has 19 heavy (non-hydrogen) atoms. The van der Waals surface area contributed by atoms with Crippen molar-refractivity contribution in [2.75, 3.05) is 5.32 Å². The normalized spacial score (nSPS) is 10.3. The Morgan fingerprint density at radius 2 is 2.00 bits per heavy atom. The van der Waals surface area contributed by atoms with E-state index in [0.717, 1.165) is 12.3 Å². The lowest BCUT2D eigenvalue weighted by Crippen LogP contribution is -2.12. The van der Waals surface area contributed by atoms with Crippen molar-refractivity contribution < 1.29 is 14.3 Å². The molecular formula is C12H7Cl2FN2O2. The first-order valence-corrected chi connectivity index (χ1v) is 5.83. The van der Waals surface area contributed by atoms with Gasteiger partial charge >= 0.3 is 0 Å². The van der Waals surface area contributed by atoms with Crippen LogP contribution < -0.4 is 5.32 Å². The molecule has 0 bridgehead atoms. The Morgan fingerprint density at radius 3 is 2.68 bits per heavy atom. The van der Waals surface area contributed by atoms with Gasteiger partial charge in [-0.2, -0.15) is 0 Å². The van der Waals surface area contributed by atoms with Gasteiger partial charge in [-0.1, -0.05) is 23.2 Å². The zero-order valence-corrected chi connectivity index (χ0v) is 10.8. The van der Waals surface area contributed by atoms with E-state index in [9.17, 15) is 14.3 Å². The molecule has 0 fully saturated rings. The van der Waals surface area contributed by atoms with Crippen LogP contribution in [0.1, 0.15) is 10.4 Å². The molecule has 0 aliphatic carbocycles. The first-order chi connectivity index (χ1) is 8.97. The molecule has 98 valence electrons. The molecule has 0 radical (unpaired) electrons. The highest BCUT2D eigenvalue weighted by Gasteiger charge is 2.13. The molecule has 7 heteroatoms. The number of halogens is 3. The third-order valence-corrected chi connectivity index (χ3v) is 2.75. The van der Waals surface area contributed by atoms with Gasteiger partial charge in [0.1, 0.15) is 5.82 Å². The van der Waals surface area contributed by atoms with Gasteiger partial charge in [0.15, 0.2) is 5.75 Å². The number of benzene rings is 1. The van der Waals surface area contributed by atoms with Gasteiger partial charge in [-0.15, -0.1) is 0 Å². The summed E-state index contributed by atoms with van der Waals surface area (Å²) in [6.07, 6.45) is 2.17. The number of phenols is 1. The van der Waals surface area contributed by atoms with E-state index in [4.69, 9.17) is 23.2 Å². The van der Waals surface area contributed by atoms with Crippen molar-refractivity contribution in [3.63, 3.8) is 0 Å². The van der Waals surface area contributed by atoms with Crippen molar-refractivity contribution in [2.45, 2.75) is 0 Å². The van der Waals surface area contributed by atoms with Gasteiger partial charge in [0.2, 0.25) is 0 Å². The first kappa shape index (κ1) is 13.6. The molecule has 0 saturated carbocycles. The quantitative estimate of drug-likeness (QED) is 0.835. The zero-order valence-electron chi connectivity index (χ0n) is 9.32. The number of hydrogen-bond donors (Lipinski definition) is 2. The van der Waals surface area contributed by atoms with E-state index < -0.39 is 11.7 Å². The van der Waals surface area contributed by atoms with Gasteiger partial charge in [-0.05, 0) is 18.2 Å². The fourth-order valence-corrected chi connectivity index (χ4v) is 1.89. The standard InChI is InChI=1S/C12H7Cl2FN2O2/c13-7-2-9(14)11(18)10(3-7)17-12(19)6-1-8(15)5-16-4-6/h1-5,18H,(H,17,19). The van der Waals surface area contributed by atoms with Gasteiger partial charge in [0.05, 0.1) is 22.5 Å². The van der Waals surface area contributed by atoms with Crippen LogP contribution in [0.15, 0.2) is 30.6 Å². The molecule has 0 atom stereocenters. The molecule has 1 heterocycles. The summed E-state index contributed by atoms with van der Waals surface area (Å²) in [5.74, 6) is -1.59. The Balaban J connectivity index is 2.29. The number of carbonyl (C=O) groups is 1. The lowest BCUT2D eigenvalue weighted by atomic mass is 10.2. The number of hydrogen-bond acceptors (Lipinski definition) is 3. The number of nitrogens with one attached hydrogen (secondary N) is 1. The summed E-state index contributed by atoms with van der Waals surface area (Å²) in [5, 5.41) is 12.3. The third kappa shape index (κ3) is 3.13. The third-order valence-electron chi connectivity index (χ3n) is 2.24. The first-order valence-electron chi connectivity index (χ1n) is 5.07. The van der Waals surface area contributed by atoms with E-state index in [2.05, 4.69) is 10.3 Å². The average Bonchev–Trinajstić information content (AvgIpc) is 2.35. The number of phenolic OH excluding ortho intramolecular Hbond substituents is 1. The van der Waals surface area contributed by atoms with Gasteiger partial charge in [-0.25, -0.2) is 4.39 Å². The molecule has 1 amide bonds. The van der Waals surface area contributed by atoms with E-state index in [1.807, 2.05) is 0 Å². The average molecular weight is 301 g/mol. The van der Waals surface area contributed by atoms with Gasteiger partial charge in [-0.3, -0.25) is 9.78 Å². The number of aromatic nitrogens is 1. The van der Waals surface area contributed by atoms with Crippen LogP contribution in [0, 0.1) is 5.82 Å². The molecule has 2 aromatic rings. The lowest BCUT2D eigenvalue weighted by molar-refractivity contribution is 0.102. The summed E-state index contributed by atoms with van der Waals surface area (Å²) >= 11 is 11.5. The second-order valence-electron chi connectivity index (χ2n) is 3.63. The fourth-order valence-electron chi connectivity index (χ4n) is 1.39. The summed E-state index contributed by atoms with van der Waals surface area (Å²) in [4.78, 5) is 15.4. The topological polar surface area (TPSA) is 62.2 Å². The van der Waals surface area contributed by atoms with Crippen molar-refractivity contribution in [2.24, 2.45) is 0 Å². The summed E-state index contributed by atoms with van der Waals surface area (Å²) in [7, 11) is 0. The van der Waals surface area contributed by atoms with Crippen molar-refractivity contribution >= 4 is 34.8 Å². The Bertz CT molecular complexity index is 650. The SMILES string of the molecule is O=C(Nc1cc(Cl)cc(Cl)c1O)c1cncc(F)c1. The van der Waals surface area contributed by atoms with Crippen molar-refractivity contribution in [1.82, 2.24) is 4.98 Å². The number of amides is 1. The highest BCUT2D eigenvalue weighted by Crippen LogP contribution is 2.35. The van der Waals surface area contributed by atoms with Gasteiger partial charge in [0.25, 0.3) is 5.91 Å². The molecule has 2 rings (SSSR count). The largest absolute Gasteiger partial charge is 0.504 e. The summed E-state index contributed by atoms with van der Waals surface area (Å²) in [6.45, 7) is 0. The predicted molar refractivity (Wildman–Crippen MR) is 70.3 cm³/mol. The molecule has 0 spiro atoms. The lowest BCUT2D eigenvalue weighted by Gasteiger charge is -2.09. The van der Waals surface area contributed by atoms with E-state index in [-0.39, 0.29) is 27.0 Å². The Morgan fingerprint density at radius 1 is 1.26 bits per heavy atom. The number of aromatic hydroxyl groups is 1. The van der Waals surface area contributed by atoms with Crippen LogP contribution in [-0.4, -0.2) is 16.0 Å². The molecule has 0 aliphatic rings. The Hall–Kier alpha value is -1.85. The maximum Gasteiger partial charge on any atom is 0.257 e. The maximum atomic E-state index is 12.9. The minimum absolute atomic E-state index is 0.000155. The van der Waals surface area contributed by atoms with Crippen LogP contribution in [0.5, 0.6) is 5.75 Å². The Kier molecular flexibility index (Phi) is 3.87. The Labute approximate surface area is 117 Å². The van der Waals surface area contributed by atoms with E-state index in [1.165, 1.54) is 18.3 Å². The zero-order chi connectivity index (χ0) is 14.0. The summed E-state index contributed by atoms with van der Waals surface area (Å²) in [5.41, 5.74) is 0.0438. The monoisotopic (exact) mass is 300 g/mol. The molecule has 1 aromatic heterocycles. The molecule has 0 saturated heterocycles. The van der Waals surface area contributed by atoms with Crippen LogP contribution in [0.2, 0.25) is 10.0 Å². The van der Waals surface area contributed by atoms with Crippen molar-refractivity contribution in [1.29, 1.82) is 0 Å². The number of rotatable bonds is 2. The second kappa shape index (κ2) is 5.42. The van der Waals surface area contributed by atoms with Crippen LogP contribution in [0.4, 0.5) is 10.1 Å². The molecule has 4 nitrogen and oxygen atoms in total. The van der Waals surface area contributed by atoms with Crippen LogP contribution in [0.3, 0.4) is 0 Å². The van der Waals surface area contributed by atoms with Crippen molar-refractivity contribution in [3.05, 3.63) is 52.0 Å². The van der Waals surface area contributed by atoms with Gasteiger partial charge in [0, 0.05) is 11.2 Å². The number of nitrogens with zero attached hydrogens (tertiary/aromatic N) is 1.